The van der Waals surface area contributed by atoms with Crippen molar-refractivity contribution in [1.82, 2.24) is 9.55 Å². The smallest absolute Gasteiger partial charge is 0.145 e. The standard InChI is InChI=1S/C55H40N2/c1-2-21-44-42(19-1)43-20-3-6-24-47(43)51-34-40(29-30-48(44)51)38-16-10-14-36(32-38)35-13-9-15-37(31-35)39-17-11-18-41(33-39)55-56-52-27-12-26-50-46-23-5-4-22-45(46)49-25-7-8-28-53(49)57(55)54(50)52/h1-2,4-19,21-24,26-34,43,47,49H,3,20,25H2. The Balaban J connectivity index is 0.918. The van der Waals surface area contributed by atoms with Crippen molar-refractivity contribution in [3.63, 3.8) is 0 Å². The van der Waals surface area contributed by atoms with Gasteiger partial charge in [0.2, 0.25) is 0 Å². The molecule has 4 aliphatic rings. The molecule has 1 aliphatic heterocycles. The Morgan fingerprint density at radius 2 is 1.09 bits per heavy atom. The van der Waals surface area contributed by atoms with Crippen LogP contribution in [0.5, 0.6) is 0 Å². The second kappa shape index (κ2) is 12.9. The SMILES string of the molecule is C1=CCC2C(=C1)n1c(-c3cccc(-c4cccc(-c5cccc(-c6ccc7c(c6)C6C=CCCC6c6ccccc6-7)c5)c4)c3)nc3cccc(c31)-c1ccccc12. The van der Waals surface area contributed by atoms with Crippen LogP contribution in [0.3, 0.4) is 0 Å². The molecule has 270 valence electrons. The van der Waals surface area contributed by atoms with Crippen LogP contribution in [-0.2, 0) is 0 Å². The van der Waals surface area contributed by atoms with E-state index in [1.54, 1.807) is 0 Å². The Hall–Kier alpha value is -6.77. The van der Waals surface area contributed by atoms with E-state index >= 15 is 0 Å². The highest BCUT2D eigenvalue weighted by Gasteiger charge is 2.34. The predicted molar refractivity (Wildman–Crippen MR) is 237 cm³/mol. The van der Waals surface area contributed by atoms with Gasteiger partial charge in [0.25, 0.3) is 0 Å². The molecular formula is C55H40N2. The molecule has 3 aliphatic carbocycles. The van der Waals surface area contributed by atoms with Crippen LogP contribution >= 0.6 is 0 Å². The number of allylic oxidation sites excluding steroid dienone is 6. The number of para-hydroxylation sites is 1. The molecule has 0 saturated heterocycles. The fraction of sp³-hybridized carbons (Fsp3) is 0.109. The third-order valence-corrected chi connectivity index (χ3v) is 13.0. The number of hydrogen-bond acceptors (Lipinski definition) is 1. The van der Waals surface area contributed by atoms with Gasteiger partial charge in [0.05, 0.1) is 11.0 Å². The molecule has 1 aromatic heterocycles. The third kappa shape index (κ3) is 5.14. The van der Waals surface area contributed by atoms with Gasteiger partial charge in [-0.25, -0.2) is 4.98 Å². The van der Waals surface area contributed by atoms with Crippen molar-refractivity contribution in [3.8, 4) is 67.0 Å². The maximum absolute atomic E-state index is 5.35. The lowest BCUT2D eigenvalue weighted by atomic mass is 9.67. The monoisotopic (exact) mass is 728 g/mol. The van der Waals surface area contributed by atoms with Crippen molar-refractivity contribution < 1.29 is 0 Å². The van der Waals surface area contributed by atoms with E-state index in [0.717, 1.165) is 29.7 Å². The number of imidazole rings is 1. The maximum atomic E-state index is 5.35. The normalized spacial score (nSPS) is 18.5. The summed E-state index contributed by atoms with van der Waals surface area (Å²) in [6.45, 7) is 0. The summed E-state index contributed by atoms with van der Waals surface area (Å²) in [4.78, 5) is 5.35. The number of benzene rings is 7. The number of hydrogen-bond donors (Lipinski definition) is 0. The molecule has 0 radical (unpaired) electrons. The Kier molecular flexibility index (Phi) is 7.35. The van der Waals surface area contributed by atoms with E-state index in [1.165, 1.54) is 90.0 Å². The van der Waals surface area contributed by atoms with Crippen molar-refractivity contribution in [3.05, 3.63) is 205 Å². The highest BCUT2D eigenvalue weighted by atomic mass is 15.1. The molecule has 7 aromatic carbocycles. The minimum absolute atomic E-state index is 0.268. The number of nitrogens with zero attached hydrogens (tertiary/aromatic N) is 2. The highest BCUT2D eigenvalue weighted by molar-refractivity contribution is 6.00. The van der Waals surface area contributed by atoms with Gasteiger partial charge in [-0.15, -0.1) is 0 Å². The fourth-order valence-corrected chi connectivity index (χ4v) is 10.4. The minimum Gasteiger partial charge on any atom is -0.295 e. The van der Waals surface area contributed by atoms with Crippen LogP contribution in [0.25, 0.3) is 83.8 Å². The van der Waals surface area contributed by atoms with Gasteiger partial charge in [0.15, 0.2) is 0 Å². The summed E-state index contributed by atoms with van der Waals surface area (Å²) in [7, 11) is 0. The molecule has 0 N–H and O–H groups in total. The summed E-state index contributed by atoms with van der Waals surface area (Å²) in [6.07, 6.45) is 15.0. The largest absolute Gasteiger partial charge is 0.295 e. The zero-order valence-electron chi connectivity index (χ0n) is 31.6. The van der Waals surface area contributed by atoms with Gasteiger partial charge in [0.1, 0.15) is 5.82 Å². The molecule has 0 bridgehead atoms. The fourth-order valence-electron chi connectivity index (χ4n) is 10.4. The second-order valence-electron chi connectivity index (χ2n) is 16.1. The van der Waals surface area contributed by atoms with Crippen molar-refractivity contribution in [2.24, 2.45) is 0 Å². The molecule has 2 heteroatoms. The molecule has 8 aromatic rings. The Bertz CT molecular complexity index is 3020. The predicted octanol–water partition coefficient (Wildman–Crippen LogP) is 14.5. The Morgan fingerprint density at radius 1 is 0.491 bits per heavy atom. The molecule has 0 amide bonds. The van der Waals surface area contributed by atoms with Gasteiger partial charge < -0.3 is 0 Å². The van der Waals surface area contributed by atoms with E-state index in [-0.39, 0.29) is 5.92 Å². The van der Waals surface area contributed by atoms with E-state index in [2.05, 4.69) is 193 Å². The third-order valence-electron chi connectivity index (χ3n) is 13.0. The molecule has 2 heterocycles. The van der Waals surface area contributed by atoms with Crippen LogP contribution in [0, 0.1) is 0 Å². The van der Waals surface area contributed by atoms with Crippen molar-refractivity contribution in [2.45, 2.75) is 37.0 Å². The Labute approximate surface area is 333 Å². The van der Waals surface area contributed by atoms with Gasteiger partial charge in [0, 0.05) is 28.7 Å². The number of rotatable bonds is 4. The van der Waals surface area contributed by atoms with Gasteiger partial charge in [-0.3, -0.25) is 4.57 Å². The Morgan fingerprint density at radius 3 is 1.84 bits per heavy atom. The summed E-state index contributed by atoms with van der Waals surface area (Å²) in [5.41, 5.74) is 21.7. The van der Waals surface area contributed by atoms with Gasteiger partial charge >= 0.3 is 0 Å². The number of fused-ring (bicyclic) bond motifs is 11. The van der Waals surface area contributed by atoms with E-state index in [4.69, 9.17) is 4.98 Å². The molecule has 57 heavy (non-hydrogen) atoms. The molecule has 2 nitrogen and oxygen atoms in total. The average Bonchev–Trinajstić information content (AvgIpc) is 3.63. The lowest BCUT2D eigenvalue weighted by molar-refractivity contribution is 0.547. The first-order valence-corrected chi connectivity index (χ1v) is 20.5. The highest BCUT2D eigenvalue weighted by Crippen LogP contribution is 2.52. The zero-order valence-corrected chi connectivity index (χ0v) is 31.6. The summed E-state index contributed by atoms with van der Waals surface area (Å²) in [5.74, 6) is 2.24. The zero-order chi connectivity index (χ0) is 37.5. The molecule has 3 unspecified atom stereocenters. The van der Waals surface area contributed by atoms with E-state index in [0.29, 0.717) is 11.8 Å². The molecule has 3 atom stereocenters. The summed E-state index contributed by atoms with van der Waals surface area (Å²) in [6, 6.07) is 58.8. The lowest BCUT2D eigenvalue weighted by Crippen LogP contribution is -2.18. The lowest BCUT2D eigenvalue weighted by Gasteiger charge is -2.36. The first-order valence-electron chi connectivity index (χ1n) is 20.5. The van der Waals surface area contributed by atoms with Gasteiger partial charge in [-0.05, 0) is 128 Å². The molecule has 0 fully saturated rings. The van der Waals surface area contributed by atoms with Crippen LogP contribution in [0.1, 0.15) is 53.7 Å². The van der Waals surface area contributed by atoms with E-state index in [1.807, 2.05) is 0 Å². The average molecular weight is 729 g/mol. The molecule has 0 saturated carbocycles. The van der Waals surface area contributed by atoms with Crippen LogP contribution in [-0.4, -0.2) is 9.55 Å². The summed E-state index contributed by atoms with van der Waals surface area (Å²) in [5, 5.41) is 0. The molecular weight excluding hydrogens is 689 g/mol. The van der Waals surface area contributed by atoms with Gasteiger partial charge in [-0.2, -0.15) is 0 Å². The first kappa shape index (κ1) is 32.5. The molecule has 0 spiro atoms. The van der Waals surface area contributed by atoms with Crippen LogP contribution < -0.4 is 0 Å². The van der Waals surface area contributed by atoms with Crippen LogP contribution in [0.15, 0.2) is 188 Å². The van der Waals surface area contributed by atoms with E-state index < -0.39 is 0 Å². The topological polar surface area (TPSA) is 17.8 Å². The first-order chi connectivity index (χ1) is 28.3. The maximum Gasteiger partial charge on any atom is 0.145 e. The van der Waals surface area contributed by atoms with E-state index in [9.17, 15) is 0 Å². The van der Waals surface area contributed by atoms with Gasteiger partial charge in [-0.1, -0.05) is 152 Å². The quantitative estimate of drug-likeness (QED) is 0.165. The summed E-state index contributed by atoms with van der Waals surface area (Å²) < 4.78 is 2.45. The number of aromatic nitrogens is 2. The van der Waals surface area contributed by atoms with Crippen LogP contribution in [0.4, 0.5) is 0 Å². The second-order valence-corrected chi connectivity index (χ2v) is 16.1. The minimum atomic E-state index is 0.268. The molecule has 12 rings (SSSR count). The summed E-state index contributed by atoms with van der Waals surface area (Å²) >= 11 is 0. The van der Waals surface area contributed by atoms with Crippen molar-refractivity contribution in [2.75, 3.05) is 0 Å². The van der Waals surface area contributed by atoms with Crippen LogP contribution in [0.2, 0.25) is 0 Å². The van der Waals surface area contributed by atoms with Crippen molar-refractivity contribution >= 4 is 16.7 Å². The van der Waals surface area contributed by atoms with Crippen molar-refractivity contribution in [1.29, 1.82) is 0 Å².